The van der Waals surface area contributed by atoms with E-state index in [1.54, 1.807) is 13.2 Å². The number of benzene rings is 1. The summed E-state index contributed by atoms with van der Waals surface area (Å²) in [5.74, 6) is 1.32. The second-order valence-corrected chi connectivity index (χ2v) is 3.84. The molecular formula is C10H9BrN4. The molecule has 1 aromatic carbocycles. The third kappa shape index (κ3) is 2.30. The van der Waals surface area contributed by atoms with Gasteiger partial charge in [0.05, 0.1) is 6.20 Å². The van der Waals surface area contributed by atoms with E-state index in [1.165, 1.54) is 0 Å². The molecule has 76 valence electrons. The molecule has 0 spiro atoms. The van der Waals surface area contributed by atoms with E-state index in [1.807, 2.05) is 24.3 Å². The summed E-state index contributed by atoms with van der Waals surface area (Å²) < 4.78 is 0.999. The first-order valence-corrected chi connectivity index (χ1v) is 5.22. The second kappa shape index (κ2) is 4.35. The van der Waals surface area contributed by atoms with Crippen LogP contribution in [0.25, 0.3) is 11.4 Å². The van der Waals surface area contributed by atoms with E-state index in [2.05, 4.69) is 36.4 Å². The predicted molar refractivity (Wildman–Crippen MR) is 62.5 cm³/mol. The molecule has 2 aromatic rings. The third-order valence-electron chi connectivity index (χ3n) is 1.90. The van der Waals surface area contributed by atoms with Gasteiger partial charge in [0.15, 0.2) is 5.82 Å². The lowest BCUT2D eigenvalue weighted by Gasteiger charge is -2.02. The SMILES string of the molecule is CNc1cnnc(-c2cccc(Br)c2)n1. The van der Waals surface area contributed by atoms with Gasteiger partial charge in [-0.3, -0.25) is 0 Å². The maximum Gasteiger partial charge on any atom is 0.183 e. The van der Waals surface area contributed by atoms with Crippen molar-refractivity contribution in [3.05, 3.63) is 34.9 Å². The Bertz CT molecular complexity index is 472. The van der Waals surface area contributed by atoms with E-state index in [0.29, 0.717) is 11.6 Å². The second-order valence-electron chi connectivity index (χ2n) is 2.93. The zero-order chi connectivity index (χ0) is 10.7. The molecule has 1 heterocycles. The summed E-state index contributed by atoms with van der Waals surface area (Å²) in [7, 11) is 1.80. The molecule has 0 atom stereocenters. The van der Waals surface area contributed by atoms with Crippen molar-refractivity contribution in [3.63, 3.8) is 0 Å². The molecule has 2 rings (SSSR count). The number of nitrogens with zero attached hydrogens (tertiary/aromatic N) is 3. The van der Waals surface area contributed by atoms with Crippen molar-refractivity contribution in [1.82, 2.24) is 15.2 Å². The van der Waals surface area contributed by atoms with Crippen LogP contribution < -0.4 is 5.32 Å². The van der Waals surface area contributed by atoms with Gasteiger partial charge in [0.25, 0.3) is 0 Å². The summed E-state index contributed by atoms with van der Waals surface area (Å²) in [6.45, 7) is 0. The fraction of sp³-hybridized carbons (Fsp3) is 0.100. The summed E-state index contributed by atoms with van der Waals surface area (Å²) in [6, 6.07) is 7.80. The normalized spacial score (nSPS) is 10.0. The van der Waals surface area contributed by atoms with Crippen molar-refractivity contribution in [2.75, 3.05) is 12.4 Å². The lowest BCUT2D eigenvalue weighted by Crippen LogP contribution is -1.98. The highest BCUT2D eigenvalue weighted by molar-refractivity contribution is 9.10. The van der Waals surface area contributed by atoms with Gasteiger partial charge in [0.2, 0.25) is 0 Å². The monoisotopic (exact) mass is 264 g/mol. The Morgan fingerprint density at radius 1 is 1.33 bits per heavy atom. The van der Waals surface area contributed by atoms with Crippen LogP contribution in [0.4, 0.5) is 5.82 Å². The van der Waals surface area contributed by atoms with Crippen LogP contribution in [-0.4, -0.2) is 22.2 Å². The number of hydrogen-bond donors (Lipinski definition) is 1. The average molecular weight is 265 g/mol. The molecule has 4 nitrogen and oxygen atoms in total. The number of anilines is 1. The molecule has 0 fully saturated rings. The molecule has 1 N–H and O–H groups in total. The van der Waals surface area contributed by atoms with Crippen LogP contribution in [0.1, 0.15) is 0 Å². The van der Waals surface area contributed by atoms with Gasteiger partial charge in [-0.05, 0) is 12.1 Å². The van der Waals surface area contributed by atoms with Crippen molar-refractivity contribution in [3.8, 4) is 11.4 Å². The quantitative estimate of drug-likeness (QED) is 0.905. The fourth-order valence-corrected chi connectivity index (χ4v) is 1.57. The smallest absolute Gasteiger partial charge is 0.183 e. The summed E-state index contributed by atoms with van der Waals surface area (Å²) in [6.07, 6.45) is 1.58. The molecule has 0 saturated carbocycles. The van der Waals surface area contributed by atoms with Gasteiger partial charge in [-0.2, -0.15) is 5.10 Å². The van der Waals surface area contributed by atoms with E-state index < -0.39 is 0 Å². The summed E-state index contributed by atoms with van der Waals surface area (Å²) in [5.41, 5.74) is 0.939. The molecule has 0 radical (unpaired) electrons. The number of rotatable bonds is 2. The third-order valence-corrected chi connectivity index (χ3v) is 2.39. The number of nitrogens with one attached hydrogen (secondary N) is 1. The summed E-state index contributed by atoms with van der Waals surface area (Å²) >= 11 is 3.40. The van der Waals surface area contributed by atoms with Gasteiger partial charge in [-0.1, -0.05) is 28.1 Å². The number of aromatic nitrogens is 3. The van der Waals surface area contributed by atoms with Gasteiger partial charge < -0.3 is 5.32 Å². The van der Waals surface area contributed by atoms with Crippen LogP contribution in [0.5, 0.6) is 0 Å². The largest absolute Gasteiger partial charge is 0.372 e. The predicted octanol–water partition coefficient (Wildman–Crippen LogP) is 2.34. The highest BCUT2D eigenvalue weighted by Crippen LogP contribution is 2.19. The lowest BCUT2D eigenvalue weighted by atomic mass is 10.2. The van der Waals surface area contributed by atoms with Crippen molar-refractivity contribution in [1.29, 1.82) is 0 Å². The summed E-state index contributed by atoms with van der Waals surface area (Å²) in [4.78, 5) is 4.30. The maximum atomic E-state index is 4.30. The first-order valence-electron chi connectivity index (χ1n) is 4.43. The molecule has 15 heavy (non-hydrogen) atoms. The molecule has 5 heteroatoms. The van der Waals surface area contributed by atoms with Gasteiger partial charge in [-0.15, -0.1) is 5.10 Å². The fourth-order valence-electron chi connectivity index (χ4n) is 1.17. The molecule has 0 unspecified atom stereocenters. The Morgan fingerprint density at radius 3 is 2.93 bits per heavy atom. The Hall–Kier alpha value is -1.49. The van der Waals surface area contributed by atoms with E-state index in [9.17, 15) is 0 Å². The lowest BCUT2D eigenvalue weighted by molar-refractivity contribution is 0.981. The molecule has 0 bridgehead atoms. The Labute approximate surface area is 95.9 Å². The molecule has 0 saturated heterocycles. The van der Waals surface area contributed by atoms with Gasteiger partial charge >= 0.3 is 0 Å². The van der Waals surface area contributed by atoms with E-state index >= 15 is 0 Å². The maximum absolute atomic E-state index is 4.30. The van der Waals surface area contributed by atoms with E-state index in [-0.39, 0.29) is 0 Å². The van der Waals surface area contributed by atoms with Crippen molar-refractivity contribution in [2.45, 2.75) is 0 Å². The highest BCUT2D eigenvalue weighted by atomic mass is 79.9. The minimum atomic E-state index is 0.614. The molecule has 0 aliphatic heterocycles. The number of halogens is 1. The Morgan fingerprint density at radius 2 is 2.20 bits per heavy atom. The van der Waals surface area contributed by atoms with Crippen molar-refractivity contribution < 1.29 is 0 Å². The standard InChI is InChI=1S/C10H9BrN4/c1-12-9-6-13-15-10(14-9)7-3-2-4-8(11)5-7/h2-6H,1H3,(H,12,14,15). The van der Waals surface area contributed by atoms with Crippen LogP contribution in [0.15, 0.2) is 34.9 Å². The van der Waals surface area contributed by atoms with E-state index in [4.69, 9.17) is 0 Å². The van der Waals surface area contributed by atoms with Crippen molar-refractivity contribution in [2.24, 2.45) is 0 Å². The Balaban J connectivity index is 2.44. The first kappa shape index (κ1) is 10.0. The molecule has 0 amide bonds. The van der Waals surface area contributed by atoms with Gasteiger partial charge in [-0.25, -0.2) is 4.98 Å². The zero-order valence-electron chi connectivity index (χ0n) is 8.11. The van der Waals surface area contributed by atoms with Gasteiger partial charge in [0, 0.05) is 17.1 Å². The van der Waals surface area contributed by atoms with Crippen LogP contribution in [0.3, 0.4) is 0 Å². The molecule has 1 aromatic heterocycles. The topological polar surface area (TPSA) is 50.7 Å². The molecular weight excluding hydrogens is 256 g/mol. The van der Waals surface area contributed by atoms with Crippen LogP contribution >= 0.6 is 15.9 Å². The summed E-state index contributed by atoms with van der Waals surface area (Å²) in [5, 5.41) is 10.8. The van der Waals surface area contributed by atoms with Crippen LogP contribution in [0, 0.1) is 0 Å². The minimum Gasteiger partial charge on any atom is -0.372 e. The minimum absolute atomic E-state index is 0.614. The van der Waals surface area contributed by atoms with Crippen molar-refractivity contribution >= 4 is 21.7 Å². The van der Waals surface area contributed by atoms with Crippen LogP contribution in [-0.2, 0) is 0 Å². The molecule has 0 aliphatic rings. The van der Waals surface area contributed by atoms with Gasteiger partial charge in [0.1, 0.15) is 5.82 Å². The molecule has 0 aliphatic carbocycles. The zero-order valence-corrected chi connectivity index (χ0v) is 9.69. The van der Waals surface area contributed by atoms with E-state index in [0.717, 1.165) is 10.0 Å². The van der Waals surface area contributed by atoms with Crippen LogP contribution in [0.2, 0.25) is 0 Å². The first-order chi connectivity index (χ1) is 7.29. The Kier molecular flexibility index (Phi) is 2.91. The number of hydrogen-bond acceptors (Lipinski definition) is 4. The highest BCUT2D eigenvalue weighted by Gasteiger charge is 2.02. The average Bonchev–Trinajstić information content (AvgIpc) is 2.29.